The topological polar surface area (TPSA) is 122 Å². The molecule has 1 saturated carbocycles. The lowest BCUT2D eigenvalue weighted by Gasteiger charge is -2.32. The van der Waals surface area contributed by atoms with Crippen molar-refractivity contribution < 1.29 is 14.3 Å². The molecule has 9 heteroatoms. The van der Waals surface area contributed by atoms with Crippen LogP contribution in [0.25, 0.3) is 10.8 Å². The molecular weight excluding hydrogens is 482 g/mol. The van der Waals surface area contributed by atoms with Crippen LogP contribution >= 0.6 is 0 Å². The van der Waals surface area contributed by atoms with Crippen LogP contribution in [0, 0.1) is 0 Å². The van der Waals surface area contributed by atoms with Crippen LogP contribution in [-0.2, 0) is 17.6 Å². The lowest BCUT2D eigenvalue weighted by Crippen LogP contribution is -2.47. The van der Waals surface area contributed by atoms with Crippen molar-refractivity contribution in [1.29, 1.82) is 0 Å². The lowest BCUT2D eigenvalue weighted by atomic mass is 9.98. The molecule has 1 amide bonds. The van der Waals surface area contributed by atoms with Crippen molar-refractivity contribution in [2.24, 2.45) is 5.73 Å². The van der Waals surface area contributed by atoms with Gasteiger partial charge in [-0.2, -0.15) is 5.10 Å². The Labute approximate surface area is 221 Å². The van der Waals surface area contributed by atoms with Crippen LogP contribution < -0.4 is 16.0 Å². The third-order valence-electron chi connectivity index (χ3n) is 7.78. The second kappa shape index (κ2) is 11.0. The summed E-state index contributed by atoms with van der Waals surface area (Å²) in [4.78, 5) is 39.7. The summed E-state index contributed by atoms with van der Waals surface area (Å²) in [5.74, 6) is 0.754. The molecule has 9 nitrogen and oxygen atoms in total. The van der Waals surface area contributed by atoms with E-state index >= 15 is 0 Å². The number of aromatic nitrogens is 2. The fraction of sp³-hybridized carbons (Fsp3) is 0.448. The number of nitrogens with one attached hydrogen (secondary N) is 1. The molecular formula is C29H35N5O4. The molecule has 1 saturated heterocycles. The van der Waals surface area contributed by atoms with E-state index in [9.17, 15) is 14.4 Å². The number of benzene rings is 2. The zero-order valence-corrected chi connectivity index (χ0v) is 21.9. The first-order chi connectivity index (χ1) is 18.4. The van der Waals surface area contributed by atoms with E-state index < -0.39 is 5.54 Å². The number of ether oxygens (including phenoxy) is 1. The molecule has 38 heavy (non-hydrogen) atoms. The summed E-state index contributed by atoms with van der Waals surface area (Å²) < 4.78 is 5.83. The third kappa shape index (κ3) is 5.49. The quantitative estimate of drug-likeness (QED) is 0.509. The van der Waals surface area contributed by atoms with Gasteiger partial charge in [-0.1, -0.05) is 37.1 Å². The molecule has 1 aliphatic carbocycles. The van der Waals surface area contributed by atoms with Gasteiger partial charge in [-0.15, -0.1) is 0 Å². The van der Waals surface area contributed by atoms with Crippen LogP contribution in [0.5, 0.6) is 5.75 Å². The van der Waals surface area contributed by atoms with Crippen molar-refractivity contribution >= 4 is 23.0 Å². The molecule has 3 N–H and O–H groups in total. The van der Waals surface area contributed by atoms with Crippen LogP contribution in [0.3, 0.4) is 0 Å². The largest absolute Gasteiger partial charge is 0.492 e. The predicted octanol–water partition coefficient (Wildman–Crippen LogP) is 2.29. The van der Waals surface area contributed by atoms with Gasteiger partial charge >= 0.3 is 0 Å². The maximum atomic E-state index is 13.3. The minimum absolute atomic E-state index is 0.0300. The molecule has 0 radical (unpaired) electrons. The summed E-state index contributed by atoms with van der Waals surface area (Å²) in [6, 6.07) is 11.5. The first-order valence-electron chi connectivity index (χ1n) is 13.3. The number of H-pyrrole nitrogens is 1. The van der Waals surface area contributed by atoms with Crippen LogP contribution in [0.2, 0.25) is 0 Å². The van der Waals surface area contributed by atoms with Crippen molar-refractivity contribution in [3.63, 3.8) is 0 Å². The number of amides is 1. The maximum Gasteiger partial charge on any atom is 0.272 e. The SMILES string of the molecule is CN1CCN(C(=O)c2cc(Cc3n[nH]c(=O)c4ccccc34)cc3c2OCC3)CC1.NC1(C=O)CCCC1. The van der Waals surface area contributed by atoms with E-state index in [0.29, 0.717) is 24.0 Å². The van der Waals surface area contributed by atoms with E-state index in [4.69, 9.17) is 10.5 Å². The zero-order chi connectivity index (χ0) is 26.7. The number of aromatic amines is 1. The summed E-state index contributed by atoms with van der Waals surface area (Å²) in [7, 11) is 2.07. The average Bonchev–Trinajstić information content (AvgIpc) is 3.60. The number of rotatable bonds is 4. The van der Waals surface area contributed by atoms with Crippen LogP contribution in [0.4, 0.5) is 0 Å². The highest BCUT2D eigenvalue weighted by Gasteiger charge is 2.28. The van der Waals surface area contributed by atoms with Crippen LogP contribution in [0.1, 0.15) is 52.9 Å². The third-order valence-corrected chi connectivity index (χ3v) is 7.78. The average molecular weight is 518 g/mol. The molecule has 0 spiro atoms. The van der Waals surface area contributed by atoms with Crippen molar-refractivity contribution in [2.45, 2.75) is 44.1 Å². The Morgan fingerprint density at radius 2 is 1.84 bits per heavy atom. The van der Waals surface area contributed by atoms with Gasteiger partial charge in [0.2, 0.25) is 0 Å². The highest BCUT2D eigenvalue weighted by atomic mass is 16.5. The van der Waals surface area contributed by atoms with Gasteiger partial charge in [-0.3, -0.25) is 9.59 Å². The van der Waals surface area contributed by atoms with Crippen molar-refractivity contribution in [3.8, 4) is 5.75 Å². The van der Waals surface area contributed by atoms with E-state index in [1.54, 1.807) is 6.07 Å². The molecule has 3 heterocycles. The van der Waals surface area contributed by atoms with E-state index in [1.807, 2.05) is 29.2 Å². The summed E-state index contributed by atoms with van der Waals surface area (Å²) >= 11 is 0. The number of carbonyl (C=O) groups is 2. The van der Waals surface area contributed by atoms with E-state index in [0.717, 1.165) is 92.5 Å². The number of carbonyl (C=O) groups excluding carboxylic acids is 2. The smallest absolute Gasteiger partial charge is 0.272 e. The summed E-state index contributed by atoms with van der Waals surface area (Å²) in [5.41, 5.74) is 8.45. The van der Waals surface area contributed by atoms with E-state index in [2.05, 4.69) is 28.2 Å². The Balaban J connectivity index is 0.000000316. The summed E-state index contributed by atoms with van der Waals surface area (Å²) in [6.45, 7) is 3.80. The number of aldehydes is 1. The lowest BCUT2D eigenvalue weighted by molar-refractivity contribution is -0.112. The monoisotopic (exact) mass is 517 g/mol. The van der Waals surface area contributed by atoms with Gasteiger partial charge in [0.1, 0.15) is 12.0 Å². The summed E-state index contributed by atoms with van der Waals surface area (Å²) in [5, 5.41) is 8.36. The number of hydrogen-bond acceptors (Lipinski definition) is 7. The summed E-state index contributed by atoms with van der Waals surface area (Å²) in [6.07, 6.45) is 6.23. The van der Waals surface area contributed by atoms with Gasteiger partial charge in [0.15, 0.2) is 0 Å². The number of piperazine rings is 1. The van der Waals surface area contributed by atoms with Gasteiger partial charge in [0.05, 0.1) is 28.8 Å². The number of nitrogens with zero attached hydrogens (tertiary/aromatic N) is 3. The fourth-order valence-electron chi connectivity index (χ4n) is 5.47. The maximum absolute atomic E-state index is 13.3. The molecule has 2 aliphatic heterocycles. The molecule has 1 aromatic heterocycles. The van der Waals surface area contributed by atoms with Gasteiger partial charge < -0.3 is 25.1 Å². The van der Waals surface area contributed by atoms with Gasteiger partial charge in [-0.05, 0) is 43.1 Å². The Morgan fingerprint density at radius 1 is 1.13 bits per heavy atom. The highest BCUT2D eigenvalue weighted by Crippen LogP contribution is 2.33. The number of fused-ring (bicyclic) bond motifs is 2. The minimum Gasteiger partial charge on any atom is -0.492 e. The van der Waals surface area contributed by atoms with Gasteiger partial charge in [0, 0.05) is 44.4 Å². The molecule has 200 valence electrons. The molecule has 2 aromatic carbocycles. The zero-order valence-electron chi connectivity index (χ0n) is 21.9. The molecule has 3 aromatic rings. The van der Waals surface area contributed by atoms with Gasteiger partial charge in [0.25, 0.3) is 11.5 Å². The second-order valence-corrected chi connectivity index (χ2v) is 10.6. The second-order valence-electron chi connectivity index (χ2n) is 10.6. The first kappa shape index (κ1) is 26.1. The highest BCUT2D eigenvalue weighted by molar-refractivity contribution is 5.98. The fourth-order valence-corrected chi connectivity index (χ4v) is 5.47. The Hall–Kier alpha value is -3.56. The van der Waals surface area contributed by atoms with Crippen molar-refractivity contribution in [2.75, 3.05) is 39.8 Å². The normalized spacial score (nSPS) is 18.4. The molecule has 0 unspecified atom stereocenters. The number of hydrogen-bond donors (Lipinski definition) is 2. The van der Waals surface area contributed by atoms with Crippen molar-refractivity contribution in [1.82, 2.24) is 20.0 Å². The Bertz CT molecular complexity index is 1390. The van der Waals surface area contributed by atoms with Crippen LogP contribution in [0.15, 0.2) is 41.2 Å². The number of nitrogens with two attached hydrogens (primary N) is 1. The van der Waals surface area contributed by atoms with Crippen LogP contribution in [-0.4, -0.2) is 77.6 Å². The molecule has 0 atom stereocenters. The molecule has 0 bridgehead atoms. The number of likely N-dealkylation sites (N-methyl/N-ethyl adjacent to an activating group) is 1. The Morgan fingerprint density at radius 3 is 2.53 bits per heavy atom. The van der Waals surface area contributed by atoms with E-state index in [1.165, 1.54) is 0 Å². The molecule has 3 aliphatic rings. The van der Waals surface area contributed by atoms with Gasteiger partial charge in [-0.25, -0.2) is 5.10 Å². The standard InChI is InChI=1S/C23H24N4O3.C6H11NO/c1-26-7-9-27(10-8-26)23(29)19-13-15(12-16-6-11-30-21(16)19)14-20-17-4-2-3-5-18(17)22(28)25-24-20;7-6(5-8)3-1-2-4-6/h2-5,12-13H,6-11,14H2,1H3,(H,25,28);5H,1-4,7H2. The Kier molecular flexibility index (Phi) is 7.58. The predicted molar refractivity (Wildman–Crippen MR) is 146 cm³/mol. The molecule has 6 rings (SSSR count). The van der Waals surface area contributed by atoms with E-state index in [-0.39, 0.29) is 11.5 Å². The molecule has 2 fully saturated rings. The first-order valence-corrected chi connectivity index (χ1v) is 13.3. The minimum atomic E-state index is -0.444. The van der Waals surface area contributed by atoms with Crippen molar-refractivity contribution in [3.05, 3.63) is 69.1 Å².